The Kier molecular flexibility index (Phi) is 7.71. The first-order chi connectivity index (χ1) is 31.8. The number of rotatable bonds is 4. The van der Waals surface area contributed by atoms with Crippen LogP contribution in [-0.2, 0) is 10.8 Å². The van der Waals surface area contributed by atoms with E-state index in [9.17, 15) is 0 Å². The summed E-state index contributed by atoms with van der Waals surface area (Å²) < 4.78 is 9.32. The number of fused-ring (bicyclic) bond motifs is 11. The summed E-state index contributed by atoms with van der Waals surface area (Å²) in [5.74, 6) is 2.66. The average Bonchev–Trinajstić information content (AvgIpc) is 3.95. The molecule has 0 unspecified atom stereocenters. The molecular formula is C62H52N2O. The Bertz CT molecular complexity index is 3590. The van der Waals surface area contributed by atoms with Crippen LogP contribution in [0.2, 0.25) is 0 Å². The van der Waals surface area contributed by atoms with Crippen LogP contribution in [0.5, 0.6) is 0 Å². The monoisotopic (exact) mass is 840 g/mol. The zero-order valence-electron chi connectivity index (χ0n) is 37.6. The molecule has 0 saturated heterocycles. The molecule has 2 bridgehead atoms. The lowest BCUT2D eigenvalue weighted by Gasteiger charge is -2.59. The molecule has 3 heteroatoms. The Morgan fingerprint density at radius 1 is 0.523 bits per heavy atom. The molecular weight excluding hydrogens is 789 g/mol. The van der Waals surface area contributed by atoms with Crippen LogP contribution in [0.15, 0.2) is 174 Å². The van der Waals surface area contributed by atoms with E-state index in [-0.39, 0.29) is 10.8 Å². The van der Waals surface area contributed by atoms with E-state index in [1.807, 2.05) is 0 Å². The number of hydrogen-bond donors (Lipinski definition) is 0. The van der Waals surface area contributed by atoms with Gasteiger partial charge in [0.05, 0.1) is 22.4 Å². The van der Waals surface area contributed by atoms with Crippen molar-refractivity contribution in [1.29, 1.82) is 0 Å². The fourth-order valence-corrected chi connectivity index (χ4v) is 14.3. The minimum atomic E-state index is -0.147. The number of anilines is 3. The van der Waals surface area contributed by atoms with Crippen molar-refractivity contribution in [2.45, 2.75) is 64.2 Å². The van der Waals surface area contributed by atoms with Crippen molar-refractivity contribution in [3.05, 3.63) is 192 Å². The third-order valence-corrected chi connectivity index (χ3v) is 16.8. The predicted molar refractivity (Wildman–Crippen MR) is 270 cm³/mol. The van der Waals surface area contributed by atoms with Crippen molar-refractivity contribution in [3.8, 4) is 27.9 Å². The summed E-state index contributed by atoms with van der Waals surface area (Å²) in [5, 5.41) is 4.93. The first-order valence-electron chi connectivity index (χ1n) is 24.0. The van der Waals surface area contributed by atoms with Crippen molar-refractivity contribution < 1.29 is 4.42 Å². The molecule has 0 radical (unpaired) electrons. The molecule has 1 spiro atoms. The van der Waals surface area contributed by atoms with Gasteiger partial charge in [0.15, 0.2) is 0 Å². The molecule has 3 aliphatic carbocycles. The normalized spacial score (nSPS) is 22.4. The highest BCUT2D eigenvalue weighted by molar-refractivity contribution is 6.19. The van der Waals surface area contributed by atoms with E-state index in [1.54, 1.807) is 5.56 Å². The second kappa shape index (κ2) is 13.4. The number of benzene rings is 8. The van der Waals surface area contributed by atoms with E-state index in [0.717, 1.165) is 50.6 Å². The highest BCUT2D eigenvalue weighted by Gasteiger charge is 2.57. The first kappa shape index (κ1) is 37.5. The SMILES string of the molecule is CC1CC2CC(C)CC(C1)C21c2ccccc2-n2c3ccccc3c3c(N(c4cccc(-c5cccc6c5oc5ccccc56)c4)c4ccc5c(c4)C(C)(C)c4ccccc4-5)ccc1c32. The molecule has 4 aliphatic rings. The summed E-state index contributed by atoms with van der Waals surface area (Å²) in [4.78, 5) is 2.58. The Labute approximate surface area is 381 Å². The highest BCUT2D eigenvalue weighted by atomic mass is 16.3. The van der Waals surface area contributed by atoms with Gasteiger partial charge >= 0.3 is 0 Å². The van der Waals surface area contributed by atoms with E-state index < -0.39 is 0 Å². The maximum Gasteiger partial charge on any atom is 0.143 e. The molecule has 8 aromatic carbocycles. The summed E-state index contributed by atoms with van der Waals surface area (Å²) in [6.07, 6.45) is 5.12. The largest absolute Gasteiger partial charge is 0.455 e. The Morgan fingerprint density at radius 3 is 2.00 bits per heavy atom. The van der Waals surface area contributed by atoms with Gasteiger partial charge in [0.1, 0.15) is 11.2 Å². The molecule has 2 fully saturated rings. The van der Waals surface area contributed by atoms with Crippen molar-refractivity contribution in [1.82, 2.24) is 4.57 Å². The summed E-state index contributed by atoms with van der Waals surface area (Å²) in [7, 11) is 0. The number of furan rings is 1. The third-order valence-electron chi connectivity index (χ3n) is 16.8. The number of hydrogen-bond acceptors (Lipinski definition) is 2. The second-order valence-electron chi connectivity index (χ2n) is 20.7. The molecule has 2 saturated carbocycles. The smallest absolute Gasteiger partial charge is 0.143 e. The quantitative estimate of drug-likeness (QED) is 0.176. The Morgan fingerprint density at radius 2 is 1.17 bits per heavy atom. The lowest BCUT2D eigenvalue weighted by Crippen LogP contribution is -2.53. The van der Waals surface area contributed by atoms with Crippen LogP contribution in [0.4, 0.5) is 17.1 Å². The number of para-hydroxylation sites is 4. The molecule has 0 N–H and O–H groups in total. The van der Waals surface area contributed by atoms with E-state index in [0.29, 0.717) is 11.8 Å². The summed E-state index contributed by atoms with van der Waals surface area (Å²) in [6.45, 7) is 9.83. The van der Waals surface area contributed by atoms with Crippen LogP contribution < -0.4 is 4.90 Å². The summed E-state index contributed by atoms with van der Waals surface area (Å²) in [5.41, 5.74) is 19.9. The Balaban J connectivity index is 1.06. The van der Waals surface area contributed by atoms with Crippen LogP contribution >= 0.6 is 0 Å². The van der Waals surface area contributed by atoms with Crippen molar-refractivity contribution in [3.63, 3.8) is 0 Å². The van der Waals surface area contributed by atoms with Gasteiger partial charge in [0, 0.05) is 49.3 Å². The molecule has 10 aromatic rings. The van der Waals surface area contributed by atoms with Crippen LogP contribution in [0.1, 0.15) is 75.6 Å². The van der Waals surface area contributed by atoms with Gasteiger partial charge in [-0.05, 0) is 137 Å². The minimum absolute atomic E-state index is 0.0316. The fraction of sp³-hybridized carbons (Fsp3) is 0.226. The molecule has 2 aromatic heterocycles. The molecule has 0 atom stereocenters. The molecule has 1 aliphatic heterocycles. The molecule has 14 rings (SSSR count). The third kappa shape index (κ3) is 4.96. The van der Waals surface area contributed by atoms with E-state index >= 15 is 0 Å². The standard InChI is InChI=1S/C62H52N2O/c1-37-31-40-33-38(2)34-41(32-37)62(40)51-23-9-11-25-55(51)64-54-24-10-6-19-49(54)58-56(30-29-52(62)59(58)64)63(43-27-28-46-45-17-5-8-22-50(45)61(3,4)53(46)36-43)42-16-13-15-39(35-42)44-20-14-21-48-47-18-7-12-26-57(47)65-60(44)48/h5-30,35-38,40-41H,31-34H2,1-4H3. The van der Waals surface area contributed by atoms with Gasteiger partial charge in [-0.1, -0.05) is 149 Å². The molecule has 3 heterocycles. The zero-order valence-corrected chi connectivity index (χ0v) is 37.6. The Hall–Kier alpha value is -6.84. The predicted octanol–water partition coefficient (Wildman–Crippen LogP) is 16.8. The zero-order chi connectivity index (χ0) is 43.3. The van der Waals surface area contributed by atoms with Crippen LogP contribution in [-0.4, -0.2) is 4.57 Å². The first-order valence-corrected chi connectivity index (χ1v) is 24.0. The van der Waals surface area contributed by atoms with Gasteiger partial charge in [-0.15, -0.1) is 0 Å². The lowest BCUT2D eigenvalue weighted by atomic mass is 9.46. The van der Waals surface area contributed by atoms with Crippen LogP contribution in [0, 0.1) is 23.7 Å². The van der Waals surface area contributed by atoms with E-state index in [2.05, 4.69) is 207 Å². The maximum absolute atomic E-state index is 6.66. The van der Waals surface area contributed by atoms with Gasteiger partial charge in [-0.2, -0.15) is 0 Å². The van der Waals surface area contributed by atoms with Gasteiger partial charge in [0.25, 0.3) is 0 Å². The molecule has 65 heavy (non-hydrogen) atoms. The van der Waals surface area contributed by atoms with E-state index in [1.165, 1.54) is 92.4 Å². The van der Waals surface area contributed by atoms with Crippen LogP contribution in [0.3, 0.4) is 0 Å². The maximum atomic E-state index is 6.66. The van der Waals surface area contributed by atoms with Crippen molar-refractivity contribution in [2.24, 2.45) is 23.7 Å². The van der Waals surface area contributed by atoms with Gasteiger partial charge in [-0.25, -0.2) is 0 Å². The topological polar surface area (TPSA) is 21.3 Å². The highest BCUT2D eigenvalue weighted by Crippen LogP contribution is 2.65. The number of aromatic nitrogens is 1. The van der Waals surface area contributed by atoms with Crippen LogP contribution in [0.25, 0.3) is 71.7 Å². The van der Waals surface area contributed by atoms with E-state index in [4.69, 9.17) is 4.42 Å². The average molecular weight is 841 g/mol. The van der Waals surface area contributed by atoms with Crippen molar-refractivity contribution in [2.75, 3.05) is 4.90 Å². The molecule has 316 valence electrons. The molecule has 3 nitrogen and oxygen atoms in total. The van der Waals surface area contributed by atoms with Gasteiger partial charge < -0.3 is 13.9 Å². The second-order valence-corrected chi connectivity index (χ2v) is 20.7. The fourth-order valence-electron chi connectivity index (χ4n) is 14.3. The summed E-state index contributed by atoms with van der Waals surface area (Å²) >= 11 is 0. The summed E-state index contributed by atoms with van der Waals surface area (Å²) in [6, 6.07) is 64.3. The molecule has 0 amide bonds. The van der Waals surface area contributed by atoms with Gasteiger partial charge in [0.2, 0.25) is 0 Å². The number of nitrogens with zero attached hydrogens (tertiary/aromatic N) is 2. The van der Waals surface area contributed by atoms with Gasteiger partial charge in [-0.3, -0.25) is 0 Å². The van der Waals surface area contributed by atoms with Crippen molar-refractivity contribution >= 4 is 60.8 Å². The minimum Gasteiger partial charge on any atom is -0.455 e. The lowest BCUT2D eigenvalue weighted by molar-refractivity contribution is 0.0271.